The predicted octanol–water partition coefficient (Wildman–Crippen LogP) is 2.56. The number of rotatable bonds is 7. The molecule has 1 aromatic carbocycles. The van der Waals surface area contributed by atoms with Crippen molar-refractivity contribution in [1.82, 2.24) is 9.88 Å². The fourth-order valence-electron chi connectivity index (χ4n) is 2.32. The van der Waals surface area contributed by atoms with Gasteiger partial charge in [0, 0.05) is 23.7 Å². The van der Waals surface area contributed by atoms with Gasteiger partial charge in [-0.1, -0.05) is 31.1 Å². The summed E-state index contributed by atoms with van der Waals surface area (Å²) in [5, 5.41) is 3.63. The van der Waals surface area contributed by atoms with Crippen molar-refractivity contribution in [2.24, 2.45) is 5.73 Å². The second-order valence-electron chi connectivity index (χ2n) is 5.17. The minimum atomic E-state index is -3.73. The Morgan fingerprint density at radius 1 is 1.22 bits per heavy atom. The molecule has 0 aliphatic carbocycles. The van der Waals surface area contributed by atoms with Gasteiger partial charge in [-0.05, 0) is 25.0 Å². The molecule has 1 heterocycles. The van der Waals surface area contributed by atoms with Crippen LogP contribution in [0.3, 0.4) is 0 Å². The molecule has 1 aromatic heterocycles. The standard InChI is InChI=1S/C15H21N3O3S.ClH/c1-3-15(4-2,11-16)18-22(19,20)14-8-6-5-7-12(14)13-9-10-17-21-13;/h5-10,18H,3-4,11,16H2,1-2H3;1H. The third-order valence-electron chi connectivity index (χ3n) is 3.98. The summed E-state index contributed by atoms with van der Waals surface area (Å²) < 4.78 is 33.5. The lowest BCUT2D eigenvalue weighted by Gasteiger charge is -2.31. The number of halogens is 1. The first-order valence-electron chi connectivity index (χ1n) is 7.22. The second kappa shape index (κ2) is 7.92. The average molecular weight is 360 g/mol. The summed E-state index contributed by atoms with van der Waals surface area (Å²) in [6.45, 7) is 4.08. The molecule has 0 aliphatic heterocycles. The van der Waals surface area contributed by atoms with Gasteiger partial charge < -0.3 is 10.3 Å². The van der Waals surface area contributed by atoms with Crippen LogP contribution in [0, 0.1) is 0 Å². The summed E-state index contributed by atoms with van der Waals surface area (Å²) in [4.78, 5) is 0.159. The van der Waals surface area contributed by atoms with E-state index in [1.165, 1.54) is 6.20 Å². The van der Waals surface area contributed by atoms with Gasteiger partial charge in [-0.25, -0.2) is 13.1 Å². The molecule has 0 spiro atoms. The summed E-state index contributed by atoms with van der Waals surface area (Å²) >= 11 is 0. The molecule has 2 rings (SSSR count). The summed E-state index contributed by atoms with van der Waals surface area (Å²) in [7, 11) is -3.73. The van der Waals surface area contributed by atoms with Gasteiger partial charge in [-0.2, -0.15) is 0 Å². The van der Waals surface area contributed by atoms with Crippen LogP contribution >= 0.6 is 12.4 Å². The summed E-state index contributed by atoms with van der Waals surface area (Å²) in [6.07, 6.45) is 2.71. The maximum Gasteiger partial charge on any atom is 0.241 e. The molecule has 0 saturated carbocycles. The maximum atomic E-state index is 12.8. The van der Waals surface area contributed by atoms with E-state index in [9.17, 15) is 8.42 Å². The number of nitrogens with zero attached hydrogens (tertiary/aromatic N) is 1. The highest BCUT2D eigenvalue weighted by Gasteiger charge is 2.32. The SMILES string of the molecule is CCC(CC)(CN)NS(=O)(=O)c1ccccc1-c1ccno1.Cl. The van der Waals surface area contributed by atoms with Crippen LogP contribution in [0.5, 0.6) is 0 Å². The fourth-order valence-corrected chi connectivity index (χ4v) is 4.09. The zero-order chi connectivity index (χ0) is 16.2. The zero-order valence-electron chi connectivity index (χ0n) is 13.2. The van der Waals surface area contributed by atoms with Crippen LogP contribution in [0.25, 0.3) is 11.3 Å². The Morgan fingerprint density at radius 2 is 1.87 bits per heavy atom. The van der Waals surface area contributed by atoms with E-state index in [0.29, 0.717) is 24.2 Å². The Balaban J connectivity index is 0.00000264. The maximum absolute atomic E-state index is 12.8. The van der Waals surface area contributed by atoms with Crippen molar-refractivity contribution in [3.05, 3.63) is 36.5 Å². The van der Waals surface area contributed by atoms with E-state index in [1.54, 1.807) is 30.3 Å². The fraction of sp³-hybridized carbons (Fsp3) is 0.400. The predicted molar refractivity (Wildman–Crippen MR) is 91.9 cm³/mol. The van der Waals surface area contributed by atoms with Crippen molar-refractivity contribution in [2.45, 2.75) is 37.1 Å². The van der Waals surface area contributed by atoms with Gasteiger partial charge in [0.15, 0.2) is 5.76 Å². The van der Waals surface area contributed by atoms with Crippen LogP contribution in [0.2, 0.25) is 0 Å². The number of nitrogens with one attached hydrogen (secondary N) is 1. The first kappa shape index (κ1) is 19.6. The van der Waals surface area contributed by atoms with Gasteiger partial charge in [0.1, 0.15) is 0 Å². The van der Waals surface area contributed by atoms with Crippen LogP contribution in [-0.4, -0.2) is 25.7 Å². The molecule has 0 amide bonds. The van der Waals surface area contributed by atoms with E-state index in [-0.39, 0.29) is 23.8 Å². The summed E-state index contributed by atoms with van der Waals surface area (Å²) in [5.74, 6) is 0.410. The average Bonchev–Trinajstić information content (AvgIpc) is 3.07. The lowest BCUT2D eigenvalue weighted by atomic mass is 9.95. The van der Waals surface area contributed by atoms with Crippen molar-refractivity contribution in [3.8, 4) is 11.3 Å². The first-order chi connectivity index (χ1) is 10.5. The lowest BCUT2D eigenvalue weighted by molar-refractivity contribution is 0.363. The van der Waals surface area contributed by atoms with Crippen molar-refractivity contribution in [1.29, 1.82) is 0 Å². The quantitative estimate of drug-likeness (QED) is 0.791. The molecular weight excluding hydrogens is 338 g/mol. The molecule has 0 unspecified atom stereocenters. The number of hydrogen-bond donors (Lipinski definition) is 2. The highest BCUT2D eigenvalue weighted by atomic mass is 35.5. The van der Waals surface area contributed by atoms with E-state index in [1.807, 2.05) is 13.8 Å². The molecule has 128 valence electrons. The molecule has 0 bridgehead atoms. The van der Waals surface area contributed by atoms with Crippen LogP contribution in [0.15, 0.2) is 45.9 Å². The van der Waals surface area contributed by atoms with E-state index in [2.05, 4.69) is 9.88 Å². The Bertz CT molecular complexity index is 705. The van der Waals surface area contributed by atoms with Crippen LogP contribution in [0.1, 0.15) is 26.7 Å². The molecule has 3 N–H and O–H groups in total. The topological polar surface area (TPSA) is 98.2 Å². The van der Waals surface area contributed by atoms with Crippen molar-refractivity contribution in [3.63, 3.8) is 0 Å². The largest absolute Gasteiger partial charge is 0.356 e. The molecule has 0 saturated heterocycles. The third kappa shape index (κ3) is 4.11. The highest BCUT2D eigenvalue weighted by Crippen LogP contribution is 2.28. The first-order valence-corrected chi connectivity index (χ1v) is 8.70. The van der Waals surface area contributed by atoms with Gasteiger partial charge >= 0.3 is 0 Å². The Hall–Kier alpha value is -1.41. The Kier molecular flexibility index (Phi) is 6.76. The molecule has 2 aromatic rings. The van der Waals surface area contributed by atoms with E-state index >= 15 is 0 Å². The van der Waals surface area contributed by atoms with E-state index < -0.39 is 15.6 Å². The van der Waals surface area contributed by atoms with E-state index in [4.69, 9.17) is 10.3 Å². The van der Waals surface area contributed by atoms with Crippen LogP contribution < -0.4 is 10.5 Å². The zero-order valence-corrected chi connectivity index (χ0v) is 14.8. The molecule has 0 fully saturated rings. The Labute approximate surface area is 142 Å². The third-order valence-corrected chi connectivity index (χ3v) is 5.61. The molecule has 23 heavy (non-hydrogen) atoms. The van der Waals surface area contributed by atoms with Gasteiger partial charge in [-0.3, -0.25) is 0 Å². The minimum absolute atomic E-state index is 0. The number of benzene rings is 1. The molecule has 0 atom stereocenters. The molecule has 6 nitrogen and oxygen atoms in total. The number of aromatic nitrogens is 1. The van der Waals surface area contributed by atoms with Crippen molar-refractivity contribution < 1.29 is 12.9 Å². The lowest BCUT2D eigenvalue weighted by Crippen LogP contribution is -2.52. The summed E-state index contributed by atoms with van der Waals surface area (Å²) in [6, 6.07) is 8.30. The van der Waals surface area contributed by atoms with Gasteiger partial charge in [-0.15, -0.1) is 12.4 Å². The smallest absolute Gasteiger partial charge is 0.241 e. The molecule has 0 radical (unpaired) electrons. The number of hydrogen-bond acceptors (Lipinski definition) is 5. The Morgan fingerprint density at radius 3 is 2.39 bits per heavy atom. The van der Waals surface area contributed by atoms with Gasteiger partial charge in [0.05, 0.1) is 11.1 Å². The highest BCUT2D eigenvalue weighted by molar-refractivity contribution is 7.89. The molecule has 8 heteroatoms. The normalized spacial score (nSPS) is 12.0. The second-order valence-corrected chi connectivity index (χ2v) is 6.82. The van der Waals surface area contributed by atoms with Gasteiger partial charge in [0.25, 0.3) is 0 Å². The molecule has 0 aliphatic rings. The monoisotopic (exact) mass is 359 g/mol. The van der Waals surface area contributed by atoms with E-state index in [0.717, 1.165) is 0 Å². The van der Waals surface area contributed by atoms with Crippen LogP contribution in [0.4, 0.5) is 0 Å². The van der Waals surface area contributed by atoms with Crippen LogP contribution in [-0.2, 0) is 10.0 Å². The number of nitrogens with two attached hydrogens (primary N) is 1. The molecular formula is C15H22ClN3O3S. The van der Waals surface area contributed by atoms with Gasteiger partial charge in [0.2, 0.25) is 10.0 Å². The number of sulfonamides is 1. The van der Waals surface area contributed by atoms with Crippen molar-refractivity contribution in [2.75, 3.05) is 6.54 Å². The summed E-state index contributed by atoms with van der Waals surface area (Å²) in [5.41, 5.74) is 5.62. The van der Waals surface area contributed by atoms with Crippen molar-refractivity contribution >= 4 is 22.4 Å². The minimum Gasteiger partial charge on any atom is -0.356 e.